The van der Waals surface area contributed by atoms with E-state index in [-0.39, 0.29) is 0 Å². The van der Waals surface area contributed by atoms with Crippen LogP contribution < -0.4 is 0 Å². The first-order valence-electron chi connectivity index (χ1n) is 6.88. The van der Waals surface area contributed by atoms with Crippen LogP contribution in [0.25, 0.3) is 0 Å². The third kappa shape index (κ3) is 2.81. The smallest absolute Gasteiger partial charge is 0.339 e. The molecule has 0 bridgehead atoms. The number of nitrogens with zero attached hydrogens (tertiary/aromatic N) is 3. The van der Waals surface area contributed by atoms with Crippen molar-refractivity contribution < 1.29 is 9.90 Å². The van der Waals surface area contributed by atoms with Gasteiger partial charge in [0.25, 0.3) is 0 Å². The lowest BCUT2D eigenvalue weighted by molar-refractivity contribution is 0.0655. The molecule has 3 unspecified atom stereocenters. The van der Waals surface area contributed by atoms with Crippen molar-refractivity contribution >= 4 is 5.97 Å². The Kier molecular flexibility index (Phi) is 3.94. The van der Waals surface area contributed by atoms with Crippen molar-refractivity contribution in [1.29, 1.82) is 0 Å². The predicted octanol–water partition coefficient (Wildman–Crippen LogP) is 1.98. The molecule has 0 aromatic carbocycles. The Bertz CT molecular complexity index is 469. The Hall–Kier alpha value is -1.36. The van der Waals surface area contributed by atoms with Gasteiger partial charge in [-0.05, 0) is 25.2 Å². The number of aromatic carboxylic acids is 1. The molecule has 0 spiro atoms. The van der Waals surface area contributed by atoms with E-state index in [2.05, 4.69) is 30.8 Å². The fourth-order valence-corrected chi connectivity index (χ4v) is 3.06. The number of piperidine rings is 1. The molecule has 2 heterocycles. The van der Waals surface area contributed by atoms with Crippen LogP contribution in [0, 0.1) is 11.8 Å². The number of likely N-dealkylation sites (tertiary alicyclic amines) is 1. The van der Waals surface area contributed by atoms with Crippen molar-refractivity contribution in [2.45, 2.75) is 39.8 Å². The van der Waals surface area contributed by atoms with Gasteiger partial charge in [-0.25, -0.2) is 4.79 Å². The topological polar surface area (TPSA) is 58.4 Å². The van der Waals surface area contributed by atoms with E-state index in [4.69, 9.17) is 0 Å². The largest absolute Gasteiger partial charge is 0.478 e. The third-order valence-electron chi connectivity index (χ3n) is 4.36. The number of hydrogen-bond donors (Lipinski definition) is 1. The number of carboxylic acid groups (broad SMARTS) is 1. The van der Waals surface area contributed by atoms with Gasteiger partial charge in [-0.1, -0.05) is 13.8 Å². The molecule has 5 heteroatoms. The van der Waals surface area contributed by atoms with E-state index < -0.39 is 5.97 Å². The standard InChI is InChI=1S/C14H23N3O2/c1-9-5-10(2)11(3)17(7-9)8-13-12(14(18)19)6-15-16(13)4/h6,9-11H,5,7-8H2,1-4H3,(H,18,19). The summed E-state index contributed by atoms with van der Waals surface area (Å²) in [6.45, 7) is 8.45. The van der Waals surface area contributed by atoms with Gasteiger partial charge < -0.3 is 5.11 Å². The molecule has 19 heavy (non-hydrogen) atoms. The van der Waals surface area contributed by atoms with Crippen molar-refractivity contribution in [3.63, 3.8) is 0 Å². The minimum absolute atomic E-state index is 0.320. The summed E-state index contributed by atoms with van der Waals surface area (Å²) >= 11 is 0. The fraction of sp³-hybridized carbons (Fsp3) is 0.714. The Morgan fingerprint density at radius 3 is 2.79 bits per heavy atom. The number of aryl methyl sites for hydroxylation is 1. The van der Waals surface area contributed by atoms with Crippen molar-refractivity contribution in [2.24, 2.45) is 18.9 Å². The van der Waals surface area contributed by atoms with Gasteiger partial charge >= 0.3 is 5.97 Å². The second kappa shape index (κ2) is 5.33. The molecular formula is C14H23N3O2. The lowest BCUT2D eigenvalue weighted by atomic mass is 9.86. The second-order valence-corrected chi connectivity index (χ2v) is 5.92. The van der Waals surface area contributed by atoms with Gasteiger partial charge in [0, 0.05) is 26.2 Å². The highest BCUT2D eigenvalue weighted by molar-refractivity contribution is 5.88. The average Bonchev–Trinajstić information content (AvgIpc) is 2.67. The quantitative estimate of drug-likeness (QED) is 0.908. The summed E-state index contributed by atoms with van der Waals surface area (Å²) in [6, 6.07) is 0.479. The molecule has 0 amide bonds. The van der Waals surface area contributed by atoms with Crippen LogP contribution >= 0.6 is 0 Å². The maximum absolute atomic E-state index is 11.2. The summed E-state index contributed by atoms with van der Waals surface area (Å²) < 4.78 is 1.68. The number of carbonyl (C=O) groups is 1. The first kappa shape index (κ1) is 14.1. The zero-order valence-corrected chi connectivity index (χ0v) is 12.1. The molecule has 1 fully saturated rings. The molecule has 1 aliphatic rings. The highest BCUT2D eigenvalue weighted by Crippen LogP contribution is 2.28. The SMILES string of the molecule is CC1CC(C)C(C)N(Cc2c(C(=O)O)cnn2C)C1. The number of aromatic nitrogens is 2. The monoisotopic (exact) mass is 265 g/mol. The highest BCUT2D eigenvalue weighted by Gasteiger charge is 2.30. The van der Waals surface area contributed by atoms with E-state index in [1.807, 2.05) is 7.05 Å². The van der Waals surface area contributed by atoms with E-state index >= 15 is 0 Å². The molecule has 1 aliphatic heterocycles. The summed E-state index contributed by atoms with van der Waals surface area (Å²) in [6.07, 6.45) is 2.69. The van der Waals surface area contributed by atoms with E-state index in [0.29, 0.717) is 30.0 Å². The average molecular weight is 265 g/mol. The Morgan fingerprint density at radius 1 is 1.47 bits per heavy atom. The van der Waals surface area contributed by atoms with Crippen molar-refractivity contribution in [3.05, 3.63) is 17.5 Å². The van der Waals surface area contributed by atoms with Crippen LogP contribution in [0.1, 0.15) is 43.2 Å². The number of carboxylic acids is 1. The Balaban J connectivity index is 2.20. The van der Waals surface area contributed by atoms with Crippen molar-refractivity contribution in [3.8, 4) is 0 Å². The van der Waals surface area contributed by atoms with Gasteiger partial charge in [-0.15, -0.1) is 0 Å². The zero-order valence-electron chi connectivity index (χ0n) is 12.1. The fourth-order valence-electron chi connectivity index (χ4n) is 3.06. The minimum atomic E-state index is -0.895. The lowest BCUT2D eigenvalue weighted by Crippen LogP contribution is -2.45. The number of hydrogen-bond acceptors (Lipinski definition) is 3. The summed E-state index contributed by atoms with van der Waals surface area (Å²) in [7, 11) is 1.81. The summed E-state index contributed by atoms with van der Waals surface area (Å²) in [4.78, 5) is 13.6. The molecule has 2 rings (SSSR count). The summed E-state index contributed by atoms with van der Waals surface area (Å²) in [5.41, 5.74) is 1.11. The van der Waals surface area contributed by atoms with Gasteiger partial charge in [-0.3, -0.25) is 9.58 Å². The van der Waals surface area contributed by atoms with Gasteiger partial charge in [-0.2, -0.15) is 5.10 Å². The first-order chi connectivity index (χ1) is 8.90. The van der Waals surface area contributed by atoms with Gasteiger partial charge in [0.05, 0.1) is 11.9 Å². The highest BCUT2D eigenvalue weighted by atomic mass is 16.4. The van der Waals surface area contributed by atoms with Crippen LogP contribution in [0.15, 0.2) is 6.20 Å². The molecular weight excluding hydrogens is 242 g/mol. The van der Waals surface area contributed by atoms with Crippen LogP contribution in [0.5, 0.6) is 0 Å². The molecule has 1 saturated heterocycles. The molecule has 0 aliphatic carbocycles. The normalized spacial score (nSPS) is 28.5. The predicted molar refractivity (Wildman–Crippen MR) is 73.0 cm³/mol. The summed E-state index contributed by atoms with van der Waals surface area (Å²) in [5.74, 6) is 0.409. The molecule has 106 valence electrons. The maximum Gasteiger partial charge on any atom is 0.339 e. The van der Waals surface area contributed by atoms with E-state index in [1.165, 1.54) is 12.6 Å². The molecule has 3 atom stereocenters. The van der Waals surface area contributed by atoms with Crippen LogP contribution in [0.3, 0.4) is 0 Å². The van der Waals surface area contributed by atoms with E-state index in [9.17, 15) is 9.90 Å². The zero-order chi connectivity index (χ0) is 14.2. The molecule has 0 saturated carbocycles. The Labute approximate surface area is 114 Å². The second-order valence-electron chi connectivity index (χ2n) is 5.92. The van der Waals surface area contributed by atoms with Crippen LogP contribution in [0.4, 0.5) is 0 Å². The van der Waals surface area contributed by atoms with Gasteiger partial charge in [0.2, 0.25) is 0 Å². The molecule has 1 aromatic rings. The van der Waals surface area contributed by atoms with Crippen LogP contribution in [0.2, 0.25) is 0 Å². The molecule has 1 N–H and O–H groups in total. The van der Waals surface area contributed by atoms with E-state index in [1.54, 1.807) is 4.68 Å². The first-order valence-corrected chi connectivity index (χ1v) is 6.88. The van der Waals surface area contributed by atoms with Crippen LogP contribution in [-0.4, -0.2) is 38.3 Å². The number of rotatable bonds is 3. The lowest BCUT2D eigenvalue weighted by Gasteiger charge is -2.41. The summed E-state index contributed by atoms with van der Waals surface area (Å²) in [5, 5.41) is 13.3. The maximum atomic E-state index is 11.2. The van der Waals surface area contributed by atoms with Crippen molar-refractivity contribution in [1.82, 2.24) is 14.7 Å². The van der Waals surface area contributed by atoms with Gasteiger partial charge in [0.15, 0.2) is 0 Å². The van der Waals surface area contributed by atoms with Gasteiger partial charge in [0.1, 0.15) is 5.56 Å². The van der Waals surface area contributed by atoms with E-state index in [0.717, 1.165) is 12.2 Å². The Morgan fingerprint density at radius 2 is 2.16 bits per heavy atom. The molecule has 0 radical (unpaired) electrons. The molecule has 1 aromatic heterocycles. The third-order valence-corrected chi connectivity index (χ3v) is 4.36. The minimum Gasteiger partial charge on any atom is -0.478 e. The van der Waals surface area contributed by atoms with Crippen molar-refractivity contribution in [2.75, 3.05) is 6.54 Å². The van der Waals surface area contributed by atoms with Crippen LogP contribution in [-0.2, 0) is 13.6 Å². The molecule has 5 nitrogen and oxygen atoms in total.